The molecule has 1 N–H and O–H groups in total. The Morgan fingerprint density at radius 3 is 1.58 bits per heavy atom. The van der Waals surface area contributed by atoms with Crippen LogP contribution in [0, 0.1) is 0 Å². The molecule has 2 atom stereocenters. The van der Waals surface area contributed by atoms with E-state index in [2.05, 4.69) is 50.3 Å². The molecule has 2 unspecified atom stereocenters. The van der Waals surface area contributed by atoms with Crippen molar-refractivity contribution >= 4 is 17.9 Å². The van der Waals surface area contributed by atoms with Gasteiger partial charge < -0.3 is 23.8 Å². The number of hydrogen-bond acceptors (Lipinski definition) is 6. The molecule has 0 rings (SSSR count). The number of esters is 2. The maximum atomic E-state index is 12.7. The van der Waals surface area contributed by atoms with Crippen molar-refractivity contribution < 1.29 is 38.2 Å². The molecule has 0 radical (unpaired) electrons. The zero-order valence-electron chi connectivity index (χ0n) is 36.2. The van der Waals surface area contributed by atoms with Crippen LogP contribution in [0.4, 0.5) is 0 Å². The number of carboxylic acid groups (broad SMARTS) is 1. The highest BCUT2D eigenvalue weighted by atomic mass is 16.6. The number of likely N-dealkylation sites (N-methyl/N-ethyl adjacent to an activating group) is 1. The van der Waals surface area contributed by atoms with Crippen LogP contribution in [0.25, 0.3) is 0 Å². The molecule has 0 aromatic heterocycles. The summed E-state index contributed by atoms with van der Waals surface area (Å²) in [6, 6.07) is -0.630. The minimum atomic E-state index is -0.889. The standard InChI is InChI=1S/C49H77NO7/c1-6-8-10-12-14-16-18-20-22-23-24-25-26-28-29-31-33-35-37-39-47(51)56-44-45(43-55-42-41-46(49(53)54)50(3,4)5)57-48(52)40-38-36-34-32-30-27-21-19-17-15-13-11-9-7-2/h8-12,14-18,20,22-26,28-29,45-46H,6-7,13,19,21,27,30-44H2,1-5H3/p+1/b10-8+,11-9+,14-12+,17-15+,18-16+,22-20+,24-23+,26-25+,29-28+. The van der Waals surface area contributed by atoms with E-state index < -0.39 is 18.1 Å². The van der Waals surface area contributed by atoms with Crippen LogP contribution >= 0.6 is 0 Å². The second-order valence-electron chi connectivity index (χ2n) is 15.0. The van der Waals surface area contributed by atoms with Crippen molar-refractivity contribution in [3.8, 4) is 0 Å². The van der Waals surface area contributed by atoms with Gasteiger partial charge in [-0.3, -0.25) is 9.59 Å². The van der Waals surface area contributed by atoms with Gasteiger partial charge in [0.25, 0.3) is 0 Å². The monoisotopic (exact) mass is 793 g/mol. The summed E-state index contributed by atoms with van der Waals surface area (Å²) >= 11 is 0. The van der Waals surface area contributed by atoms with Crippen molar-refractivity contribution in [2.45, 2.75) is 142 Å². The zero-order chi connectivity index (χ0) is 42.1. The van der Waals surface area contributed by atoms with E-state index in [1.165, 1.54) is 19.3 Å². The number of carbonyl (C=O) groups is 3. The Morgan fingerprint density at radius 1 is 0.544 bits per heavy atom. The van der Waals surface area contributed by atoms with E-state index >= 15 is 0 Å². The molecule has 8 nitrogen and oxygen atoms in total. The molecule has 0 heterocycles. The smallest absolute Gasteiger partial charge is 0.362 e. The maximum absolute atomic E-state index is 12.7. The molecule has 0 aromatic rings. The van der Waals surface area contributed by atoms with E-state index in [1.807, 2.05) is 94.1 Å². The molecular formula is C49H78NO7+. The number of rotatable bonds is 36. The largest absolute Gasteiger partial charge is 0.477 e. The quantitative estimate of drug-likeness (QED) is 0.0222. The summed E-state index contributed by atoms with van der Waals surface area (Å²) in [6.07, 6.45) is 52.7. The van der Waals surface area contributed by atoms with Crippen LogP contribution in [-0.2, 0) is 28.6 Å². The lowest BCUT2D eigenvalue weighted by atomic mass is 10.1. The molecule has 0 bridgehead atoms. The van der Waals surface area contributed by atoms with Crippen molar-refractivity contribution in [1.29, 1.82) is 0 Å². The van der Waals surface area contributed by atoms with Gasteiger partial charge in [0.15, 0.2) is 12.1 Å². The van der Waals surface area contributed by atoms with Crippen LogP contribution < -0.4 is 0 Å². The van der Waals surface area contributed by atoms with Gasteiger partial charge in [-0.2, -0.15) is 0 Å². The number of aliphatic carboxylic acids is 1. The fraction of sp³-hybridized carbons (Fsp3) is 0.571. The summed E-state index contributed by atoms with van der Waals surface area (Å²) in [6.45, 7) is 4.39. The molecule has 0 amide bonds. The van der Waals surface area contributed by atoms with Gasteiger partial charge in [-0.05, 0) is 57.8 Å². The third kappa shape index (κ3) is 37.3. The second kappa shape index (κ2) is 38.8. The number of quaternary nitrogens is 1. The van der Waals surface area contributed by atoms with E-state index in [-0.39, 0.29) is 36.2 Å². The Kier molecular flexibility index (Phi) is 36.1. The summed E-state index contributed by atoms with van der Waals surface area (Å²) in [5, 5.41) is 9.61. The molecule has 0 spiro atoms. The zero-order valence-corrected chi connectivity index (χ0v) is 36.2. The van der Waals surface area contributed by atoms with Crippen LogP contribution in [0.2, 0.25) is 0 Å². The molecule has 0 aromatic carbocycles. The SMILES string of the molecule is CC/C=C/C=C/C=C/C=C/C=C/C=C/C=C/CCCCCC(=O)OCC(COCCC(C(=O)O)[N+](C)(C)C)OC(=O)CCCCCCCCC/C=C/C/C=C/CC. The van der Waals surface area contributed by atoms with Crippen LogP contribution in [0.15, 0.2) is 109 Å². The molecule has 0 saturated heterocycles. The first-order valence-corrected chi connectivity index (χ1v) is 21.5. The van der Waals surface area contributed by atoms with E-state index in [9.17, 15) is 19.5 Å². The van der Waals surface area contributed by atoms with Crippen molar-refractivity contribution in [3.05, 3.63) is 109 Å². The Labute approximate surface area is 347 Å². The average molecular weight is 793 g/mol. The van der Waals surface area contributed by atoms with Gasteiger partial charge in [0.05, 0.1) is 34.4 Å². The fourth-order valence-electron chi connectivity index (χ4n) is 5.58. The normalized spacial score (nSPS) is 14.1. The molecule has 8 heteroatoms. The molecule has 0 aliphatic carbocycles. The summed E-state index contributed by atoms with van der Waals surface area (Å²) in [7, 11) is 5.49. The summed E-state index contributed by atoms with van der Waals surface area (Å²) in [4.78, 5) is 37.0. The first-order valence-electron chi connectivity index (χ1n) is 21.5. The van der Waals surface area contributed by atoms with E-state index in [0.717, 1.165) is 70.6 Å². The molecule has 0 fully saturated rings. The molecule has 0 aliphatic heterocycles. The number of allylic oxidation sites excluding steroid dienone is 18. The van der Waals surface area contributed by atoms with Crippen LogP contribution in [-0.4, -0.2) is 80.6 Å². The molecular weight excluding hydrogens is 715 g/mol. The van der Waals surface area contributed by atoms with Gasteiger partial charge in [-0.1, -0.05) is 162 Å². The van der Waals surface area contributed by atoms with Crippen molar-refractivity contribution in [3.63, 3.8) is 0 Å². The van der Waals surface area contributed by atoms with E-state index in [1.54, 1.807) is 0 Å². The van der Waals surface area contributed by atoms with Crippen molar-refractivity contribution in [1.82, 2.24) is 0 Å². The van der Waals surface area contributed by atoms with Gasteiger partial charge in [-0.25, -0.2) is 4.79 Å². The minimum absolute atomic E-state index is 0.0347. The Hall–Kier alpha value is -4.01. The molecule has 0 aliphatic rings. The number of nitrogens with zero attached hydrogens (tertiary/aromatic N) is 1. The Morgan fingerprint density at radius 2 is 1.02 bits per heavy atom. The number of ether oxygens (including phenoxy) is 3. The molecule has 0 saturated carbocycles. The number of unbranched alkanes of at least 4 members (excludes halogenated alkanes) is 10. The number of hydrogen-bond donors (Lipinski definition) is 1. The van der Waals surface area contributed by atoms with E-state index in [4.69, 9.17) is 14.2 Å². The van der Waals surface area contributed by atoms with Crippen LogP contribution in [0.5, 0.6) is 0 Å². The lowest BCUT2D eigenvalue weighted by Crippen LogP contribution is -2.50. The first kappa shape index (κ1) is 53.0. The Bertz CT molecular complexity index is 1290. The highest BCUT2D eigenvalue weighted by Crippen LogP contribution is 2.13. The van der Waals surface area contributed by atoms with Gasteiger partial charge >= 0.3 is 17.9 Å². The summed E-state index contributed by atoms with van der Waals surface area (Å²) in [5.41, 5.74) is 0. The summed E-state index contributed by atoms with van der Waals surface area (Å²) < 4.78 is 17.2. The third-order valence-corrected chi connectivity index (χ3v) is 8.86. The minimum Gasteiger partial charge on any atom is -0.477 e. The fourth-order valence-corrected chi connectivity index (χ4v) is 5.58. The van der Waals surface area contributed by atoms with Gasteiger partial charge in [-0.15, -0.1) is 0 Å². The van der Waals surface area contributed by atoms with Crippen molar-refractivity contribution in [2.24, 2.45) is 0 Å². The van der Waals surface area contributed by atoms with Crippen LogP contribution in [0.3, 0.4) is 0 Å². The van der Waals surface area contributed by atoms with Gasteiger partial charge in [0.2, 0.25) is 0 Å². The van der Waals surface area contributed by atoms with Gasteiger partial charge in [0.1, 0.15) is 6.61 Å². The lowest BCUT2D eigenvalue weighted by molar-refractivity contribution is -0.887. The highest BCUT2D eigenvalue weighted by molar-refractivity contribution is 5.72. The number of carbonyl (C=O) groups excluding carboxylic acids is 2. The molecule has 320 valence electrons. The topological polar surface area (TPSA) is 99.1 Å². The maximum Gasteiger partial charge on any atom is 0.362 e. The predicted octanol–water partition coefficient (Wildman–Crippen LogP) is 11.7. The highest BCUT2D eigenvalue weighted by Gasteiger charge is 2.31. The second-order valence-corrected chi connectivity index (χ2v) is 15.0. The number of carboxylic acids is 1. The molecule has 57 heavy (non-hydrogen) atoms. The average Bonchev–Trinajstić information content (AvgIpc) is 3.17. The third-order valence-electron chi connectivity index (χ3n) is 8.86. The van der Waals surface area contributed by atoms with Crippen LogP contribution in [0.1, 0.15) is 129 Å². The van der Waals surface area contributed by atoms with Crippen molar-refractivity contribution in [2.75, 3.05) is 41.0 Å². The van der Waals surface area contributed by atoms with Gasteiger partial charge in [0, 0.05) is 19.3 Å². The van der Waals surface area contributed by atoms with E-state index in [0.29, 0.717) is 25.7 Å². The summed E-state index contributed by atoms with van der Waals surface area (Å²) in [5.74, 6) is -1.56. The Balaban J connectivity index is 4.50. The lowest BCUT2D eigenvalue weighted by Gasteiger charge is -2.31. The first-order chi connectivity index (χ1) is 27.6. The predicted molar refractivity (Wildman–Crippen MR) is 238 cm³/mol.